The third kappa shape index (κ3) is 4.11. The summed E-state index contributed by atoms with van der Waals surface area (Å²) < 4.78 is 5.34. The van der Waals surface area contributed by atoms with Crippen LogP contribution in [0.4, 0.5) is 16.2 Å². The van der Waals surface area contributed by atoms with Gasteiger partial charge in [-0.05, 0) is 42.0 Å². The van der Waals surface area contributed by atoms with E-state index >= 15 is 0 Å². The molecule has 0 atom stereocenters. The molecular weight excluding hydrogens is 396 g/mol. The van der Waals surface area contributed by atoms with E-state index in [1.807, 2.05) is 0 Å². The first-order valence-corrected chi connectivity index (χ1v) is 9.38. The van der Waals surface area contributed by atoms with Gasteiger partial charge in [-0.15, -0.1) is 0 Å². The number of hydrogen-bond donors (Lipinski definition) is 0. The molecule has 31 heavy (non-hydrogen) atoms. The first kappa shape index (κ1) is 19.8. The topological polar surface area (TPSA) is 89.8 Å². The Balaban J connectivity index is 1.59. The van der Waals surface area contributed by atoms with Crippen LogP contribution in [0.15, 0.2) is 91.0 Å². The van der Waals surface area contributed by atoms with Crippen LogP contribution < -0.4 is 9.64 Å². The predicted molar refractivity (Wildman–Crippen MR) is 117 cm³/mol. The molecule has 0 saturated carbocycles. The van der Waals surface area contributed by atoms with Crippen molar-refractivity contribution < 1.29 is 19.2 Å². The fourth-order valence-corrected chi connectivity index (χ4v) is 3.18. The maximum Gasteiger partial charge on any atom is 0.426 e. The van der Waals surface area contributed by atoms with Crippen molar-refractivity contribution >= 4 is 35.0 Å². The molecule has 1 aliphatic rings. The molecule has 2 amide bonds. The Labute approximate surface area is 177 Å². The van der Waals surface area contributed by atoms with Crippen molar-refractivity contribution in [2.24, 2.45) is 0 Å². The van der Waals surface area contributed by atoms with Gasteiger partial charge in [0, 0.05) is 23.3 Å². The van der Waals surface area contributed by atoms with Crippen molar-refractivity contribution in [1.29, 1.82) is 0 Å². The zero-order valence-corrected chi connectivity index (χ0v) is 16.2. The van der Waals surface area contributed by atoms with E-state index in [1.165, 1.54) is 12.1 Å². The molecule has 3 aromatic carbocycles. The van der Waals surface area contributed by atoms with Crippen LogP contribution >= 0.6 is 0 Å². The number of fused-ring (bicyclic) bond motifs is 1. The number of non-ortho nitro benzene ring substituents is 1. The number of ether oxygens (including phenoxy) is 1. The van der Waals surface area contributed by atoms with E-state index in [0.717, 1.165) is 10.5 Å². The third-order valence-electron chi connectivity index (χ3n) is 4.66. The van der Waals surface area contributed by atoms with Crippen LogP contribution in [0.5, 0.6) is 5.75 Å². The highest BCUT2D eigenvalue weighted by Crippen LogP contribution is 2.37. The summed E-state index contributed by atoms with van der Waals surface area (Å²) in [6.45, 7) is 0. The lowest BCUT2D eigenvalue weighted by molar-refractivity contribution is -0.384. The van der Waals surface area contributed by atoms with E-state index in [2.05, 4.69) is 0 Å². The summed E-state index contributed by atoms with van der Waals surface area (Å²) in [6.07, 6.45) is 4.21. The summed E-state index contributed by atoms with van der Waals surface area (Å²) in [7, 11) is 0. The number of para-hydroxylation sites is 2. The van der Waals surface area contributed by atoms with Gasteiger partial charge in [-0.25, -0.2) is 9.69 Å². The van der Waals surface area contributed by atoms with Gasteiger partial charge in [-0.3, -0.25) is 14.9 Å². The lowest BCUT2D eigenvalue weighted by atomic mass is 10.1. The number of anilines is 1. The minimum atomic E-state index is -0.786. The Morgan fingerprint density at radius 2 is 1.61 bits per heavy atom. The Bertz CT molecular complexity index is 1210. The number of carbonyl (C=O) groups excluding carboxylic acids is 2. The fraction of sp³-hybridized carbons (Fsp3) is 0. The molecule has 1 heterocycles. The van der Waals surface area contributed by atoms with Crippen LogP contribution in [0.3, 0.4) is 0 Å². The van der Waals surface area contributed by atoms with Gasteiger partial charge < -0.3 is 4.74 Å². The first-order valence-electron chi connectivity index (χ1n) is 9.38. The largest absolute Gasteiger partial charge is 0.426 e. The molecule has 0 aromatic heterocycles. The minimum Gasteiger partial charge on any atom is -0.410 e. The lowest BCUT2D eigenvalue weighted by Gasteiger charge is -2.14. The number of nitro groups is 1. The standard InChI is InChI=1S/C24H16N2O5/c27-23-21(11-6-7-17-13-15-18(16-14-17)26(29)30)20-10-4-5-12-22(20)25(23)24(28)31-19-8-2-1-3-9-19/h1-16H/b7-6+,21-11-. The summed E-state index contributed by atoms with van der Waals surface area (Å²) in [4.78, 5) is 37.0. The zero-order chi connectivity index (χ0) is 21.8. The van der Waals surface area contributed by atoms with Gasteiger partial charge in [0.05, 0.1) is 10.6 Å². The van der Waals surface area contributed by atoms with Crippen molar-refractivity contribution in [3.8, 4) is 5.75 Å². The minimum absolute atomic E-state index is 0.00275. The quantitative estimate of drug-likeness (QED) is 0.332. The maximum absolute atomic E-state index is 13.0. The van der Waals surface area contributed by atoms with Gasteiger partial charge in [-0.2, -0.15) is 0 Å². The SMILES string of the molecule is O=C(Oc1ccccc1)N1C(=O)/C(=C\C=C\c2ccc([N+](=O)[O-])cc2)c2ccccc21. The molecular formula is C24H16N2O5. The van der Waals surface area contributed by atoms with E-state index in [0.29, 0.717) is 22.6 Å². The Hall–Kier alpha value is -4.52. The van der Waals surface area contributed by atoms with Crippen molar-refractivity contribution in [3.63, 3.8) is 0 Å². The molecule has 152 valence electrons. The molecule has 7 nitrogen and oxygen atoms in total. The monoisotopic (exact) mass is 412 g/mol. The van der Waals surface area contributed by atoms with Gasteiger partial charge in [0.15, 0.2) is 0 Å². The van der Waals surface area contributed by atoms with Crippen molar-refractivity contribution in [2.45, 2.75) is 0 Å². The van der Waals surface area contributed by atoms with Gasteiger partial charge in [0.2, 0.25) is 0 Å². The average Bonchev–Trinajstić information content (AvgIpc) is 3.06. The number of nitro benzene ring substituents is 1. The molecule has 7 heteroatoms. The number of rotatable bonds is 4. The number of imide groups is 1. The van der Waals surface area contributed by atoms with Gasteiger partial charge in [0.1, 0.15) is 5.75 Å². The predicted octanol–water partition coefficient (Wildman–Crippen LogP) is 5.24. The van der Waals surface area contributed by atoms with Gasteiger partial charge in [-0.1, -0.05) is 48.6 Å². The summed E-state index contributed by atoms with van der Waals surface area (Å²) in [6, 6.07) is 21.5. The van der Waals surface area contributed by atoms with E-state index < -0.39 is 16.9 Å². The van der Waals surface area contributed by atoms with Crippen molar-refractivity contribution in [1.82, 2.24) is 0 Å². The number of amides is 2. The van der Waals surface area contributed by atoms with Crippen molar-refractivity contribution in [3.05, 3.63) is 112 Å². The molecule has 0 bridgehead atoms. The van der Waals surface area contributed by atoms with E-state index in [1.54, 1.807) is 85.0 Å². The van der Waals surface area contributed by atoms with Crippen LogP contribution in [-0.2, 0) is 4.79 Å². The molecule has 0 N–H and O–H groups in total. The van der Waals surface area contributed by atoms with Crippen LogP contribution in [0.25, 0.3) is 11.6 Å². The van der Waals surface area contributed by atoms with Crippen LogP contribution in [0.1, 0.15) is 11.1 Å². The number of benzene rings is 3. The van der Waals surface area contributed by atoms with Gasteiger partial charge >= 0.3 is 6.09 Å². The third-order valence-corrected chi connectivity index (χ3v) is 4.66. The molecule has 0 saturated heterocycles. The summed E-state index contributed by atoms with van der Waals surface area (Å²) in [5.74, 6) is -0.149. The Kier molecular flexibility index (Phi) is 5.40. The Morgan fingerprint density at radius 3 is 2.32 bits per heavy atom. The van der Waals surface area contributed by atoms with Crippen molar-refractivity contribution in [2.75, 3.05) is 4.90 Å². The lowest BCUT2D eigenvalue weighted by Crippen LogP contribution is -2.35. The molecule has 0 spiro atoms. The number of nitrogens with zero attached hydrogens (tertiary/aromatic N) is 2. The smallest absolute Gasteiger partial charge is 0.410 e. The molecule has 0 unspecified atom stereocenters. The second-order valence-electron chi connectivity index (χ2n) is 6.63. The van der Waals surface area contributed by atoms with E-state index in [9.17, 15) is 19.7 Å². The molecule has 1 aliphatic heterocycles. The van der Waals surface area contributed by atoms with Gasteiger partial charge in [0.25, 0.3) is 11.6 Å². The number of carbonyl (C=O) groups is 2. The molecule has 3 aromatic rings. The fourth-order valence-electron chi connectivity index (χ4n) is 3.18. The summed E-state index contributed by atoms with van der Waals surface area (Å²) >= 11 is 0. The average molecular weight is 412 g/mol. The zero-order valence-electron chi connectivity index (χ0n) is 16.2. The van der Waals surface area contributed by atoms with Crippen LogP contribution in [-0.4, -0.2) is 16.9 Å². The van der Waals surface area contributed by atoms with Crippen LogP contribution in [0.2, 0.25) is 0 Å². The molecule has 0 radical (unpaired) electrons. The maximum atomic E-state index is 13.0. The molecule has 4 rings (SSSR count). The summed E-state index contributed by atoms with van der Waals surface area (Å²) in [5, 5.41) is 10.8. The van der Waals surface area contributed by atoms with E-state index in [4.69, 9.17) is 4.74 Å². The first-order chi connectivity index (χ1) is 15.0. The highest BCUT2D eigenvalue weighted by Gasteiger charge is 2.37. The highest BCUT2D eigenvalue weighted by molar-refractivity contribution is 6.39. The number of allylic oxidation sites excluding steroid dienone is 2. The molecule has 0 fully saturated rings. The Morgan fingerprint density at radius 1 is 0.935 bits per heavy atom. The molecule has 0 aliphatic carbocycles. The van der Waals surface area contributed by atoms with Crippen LogP contribution in [0, 0.1) is 10.1 Å². The van der Waals surface area contributed by atoms with E-state index in [-0.39, 0.29) is 5.69 Å². The second kappa shape index (κ2) is 8.46. The normalized spacial score (nSPS) is 14.1. The highest BCUT2D eigenvalue weighted by atomic mass is 16.6. The summed E-state index contributed by atoms with van der Waals surface area (Å²) in [5.41, 5.74) is 2.15. The second-order valence-corrected chi connectivity index (χ2v) is 6.63. The number of hydrogen-bond acceptors (Lipinski definition) is 5.